The van der Waals surface area contributed by atoms with Crippen LogP contribution in [0.3, 0.4) is 0 Å². The fourth-order valence-corrected chi connectivity index (χ4v) is 4.28. The number of fused-ring (bicyclic) bond motifs is 1. The van der Waals surface area contributed by atoms with Gasteiger partial charge in [-0.25, -0.2) is 17.9 Å². The minimum absolute atomic E-state index is 0.141. The summed E-state index contributed by atoms with van der Waals surface area (Å²) in [5, 5.41) is 3.88. The Kier molecular flexibility index (Phi) is 4.52. The van der Waals surface area contributed by atoms with Gasteiger partial charge in [-0.2, -0.15) is 0 Å². The fraction of sp³-hybridized carbons (Fsp3) is 0.438. The molecule has 0 saturated carbocycles. The van der Waals surface area contributed by atoms with Gasteiger partial charge in [0.05, 0.1) is 4.90 Å². The van der Waals surface area contributed by atoms with Crippen LogP contribution < -0.4 is 15.7 Å². The van der Waals surface area contributed by atoms with E-state index < -0.39 is 15.6 Å². The Morgan fingerprint density at radius 2 is 2.13 bits per heavy atom. The third kappa shape index (κ3) is 3.63. The maximum atomic E-state index is 12.6. The molecule has 7 heteroatoms. The summed E-state index contributed by atoms with van der Waals surface area (Å²) >= 11 is 0. The first-order chi connectivity index (χ1) is 11.0. The molecule has 1 aromatic heterocycles. The first kappa shape index (κ1) is 16.2. The molecule has 3 rings (SSSR count). The predicted octanol–water partition coefficient (Wildman–Crippen LogP) is 1.46. The van der Waals surface area contributed by atoms with Crippen molar-refractivity contribution in [3.63, 3.8) is 0 Å². The van der Waals surface area contributed by atoms with E-state index in [1.54, 1.807) is 6.07 Å². The van der Waals surface area contributed by atoms with Gasteiger partial charge in [0.1, 0.15) is 5.58 Å². The third-order valence-electron chi connectivity index (χ3n) is 4.28. The highest BCUT2D eigenvalue weighted by atomic mass is 32.2. The molecule has 6 nitrogen and oxygen atoms in total. The van der Waals surface area contributed by atoms with Gasteiger partial charge in [-0.1, -0.05) is 0 Å². The molecule has 2 heterocycles. The summed E-state index contributed by atoms with van der Waals surface area (Å²) < 4.78 is 32.9. The fourth-order valence-electron chi connectivity index (χ4n) is 2.93. The smallest absolute Gasteiger partial charge is 0.336 e. The van der Waals surface area contributed by atoms with Crippen LogP contribution in [0, 0.1) is 5.92 Å². The van der Waals surface area contributed by atoms with Crippen molar-refractivity contribution in [1.82, 2.24) is 10.0 Å². The van der Waals surface area contributed by atoms with E-state index in [1.807, 2.05) is 6.92 Å². The monoisotopic (exact) mass is 336 g/mol. The van der Waals surface area contributed by atoms with Crippen LogP contribution in [0.1, 0.15) is 19.8 Å². The van der Waals surface area contributed by atoms with Gasteiger partial charge in [-0.05, 0) is 63.0 Å². The highest BCUT2D eigenvalue weighted by molar-refractivity contribution is 7.89. The topological polar surface area (TPSA) is 88.4 Å². The van der Waals surface area contributed by atoms with E-state index in [1.165, 1.54) is 24.3 Å². The number of piperidine rings is 1. The van der Waals surface area contributed by atoms with Crippen LogP contribution in [-0.4, -0.2) is 27.5 Å². The lowest BCUT2D eigenvalue weighted by Gasteiger charge is -2.28. The molecule has 1 aliphatic rings. The maximum Gasteiger partial charge on any atom is 0.336 e. The van der Waals surface area contributed by atoms with Crippen LogP contribution in [0.15, 0.2) is 44.4 Å². The Hall–Kier alpha value is -1.70. The molecule has 0 spiro atoms. The highest BCUT2D eigenvalue weighted by Gasteiger charge is 2.25. The Morgan fingerprint density at radius 1 is 1.30 bits per heavy atom. The zero-order valence-electron chi connectivity index (χ0n) is 12.9. The Bertz CT molecular complexity index is 854. The molecule has 2 unspecified atom stereocenters. The van der Waals surface area contributed by atoms with Crippen molar-refractivity contribution in [2.24, 2.45) is 5.92 Å². The molecule has 2 N–H and O–H groups in total. The van der Waals surface area contributed by atoms with E-state index in [4.69, 9.17) is 4.42 Å². The van der Waals surface area contributed by atoms with Gasteiger partial charge in [-0.15, -0.1) is 0 Å². The molecule has 2 atom stereocenters. The minimum atomic E-state index is -3.61. The quantitative estimate of drug-likeness (QED) is 0.825. The second-order valence-corrected chi connectivity index (χ2v) is 7.68. The van der Waals surface area contributed by atoms with Crippen LogP contribution in [0.4, 0.5) is 0 Å². The van der Waals surface area contributed by atoms with Crippen molar-refractivity contribution in [1.29, 1.82) is 0 Å². The molecule has 1 saturated heterocycles. The van der Waals surface area contributed by atoms with E-state index >= 15 is 0 Å². The number of sulfonamides is 1. The van der Waals surface area contributed by atoms with Crippen LogP contribution in [0.2, 0.25) is 0 Å². The zero-order chi connectivity index (χ0) is 16.4. The molecule has 0 radical (unpaired) electrons. The standard InChI is InChI=1S/C16H20N2O4S/c1-11(13-3-2-8-17-10-13)18-23(20,21)14-5-6-15-12(9-14)4-7-16(19)22-15/h4-7,9,11,13,17-18H,2-3,8,10H2,1H3. The van der Waals surface area contributed by atoms with Crippen molar-refractivity contribution >= 4 is 21.0 Å². The molecule has 1 aromatic carbocycles. The van der Waals surface area contributed by atoms with Gasteiger partial charge in [0, 0.05) is 17.5 Å². The summed E-state index contributed by atoms with van der Waals surface area (Å²) in [6, 6.07) is 7.19. The Morgan fingerprint density at radius 3 is 2.87 bits per heavy atom. The summed E-state index contributed by atoms with van der Waals surface area (Å²) in [6.45, 7) is 3.72. The summed E-state index contributed by atoms with van der Waals surface area (Å²) in [5.41, 5.74) is -0.0781. The van der Waals surface area contributed by atoms with Crippen LogP contribution in [0.5, 0.6) is 0 Å². The van der Waals surface area contributed by atoms with Crippen molar-refractivity contribution < 1.29 is 12.8 Å². The van der Waals surface area contributed by atoms with Gasteiger partial charge in [-0.3, -0.25) is 0 Å². The first-order valence-electron chi connectivity index (χ1n) is 7.73. The average molecular weight is 336 g/mol. The van der Waals surface area contributed by atoms with Gasteiger partial charge < -0.3 is 9.73 Å². The van der Waals surface area contributed by atoms with Crippen molar-refractivity contribution in [2.75, 3.05) is 13.1 Å². The number of hydrogen-bond donors (Lipinski definition) is 2. The first-order valence-corrected chi connectivity index (χ1v) is 9.21. The molecule has 124 valence electrons. The summed E-state index contributed by atoms with van der Waals surface area (Å²) in [6.07, 6.45) is 2.07. The molecule has 0 aliphatic carbocycles. The van der Waals surface area contributed by atoms with Gasteiger partial charge in [0.15, 0.2) is 0 Å². The van der Waals surface area contributed by atoms with E-state index in [0.717, 1.165) is 25.9 Å². The zero-order valence-corrected chi connectivity index (χ0v) is 13.7. The maximum absolute atomic E-state index is 12.6. The largest absolute Gasteiger partial charge is 0.423 e. The lowest BCUT2D eigenvalue weighted by molar-refractivity contribution is 0.320. The minimum Gasteiger partial charge on any atom is -0.423 e. The summed E-state index contributed by atoms with van der Waals surface area (Å²) in [7, 11) is -3.61. The van der Waals surface area contributed by atoms with Crippen LogP contribution in [0.25, 0.3) is 11.0 Å². The molecule has 1 aliphatic heterocycles. The van der Waals surface area contributed by atoms with Crippen LogP contribution in [-0.2, 0) is 10.0 Å². The Labute approximate surface area is 134 Å². The van der Waals surface area contributed by atoms with Gasteiger partial charge >= 0.3 is 5.63 Å². The lowest BCUT2D eigenvalue weighted by atomic mass is 9.94. The van der Waals surface area contributed by atoms with E-state index in [2.05, 4.69) is 10.0 Å². The second-order valence-electron chi connectivity index (χ2n) is 5.97. The molecule has 23 heavy (non-hydrogen) atoms. The summed E-state index contributed by atoms with van der Waals surface area (Å²) in [4.78, 5) is 11.4. The second kappa shape index (κ2) is 6.43. The molecule has 0 bridgehead atoms. The average Bonchev–Trinajstić information content (AvgIpc) is 2.54. The van der Waals surface area contributed by atoms with Crippen LogP contribution >= 0.6 is 0 Å². The lowest BCUT2D eigenvalue weighted by Crippen LogP contribution is -2.44. The van der Waals surface area contributed by atoms with Gasteiger partial charge in [0.25, 0.3) is 0 Å². The highest BCUT2D eigenvalue weighted by Crippen LogP contribution is 2.20. The molecular weight excluding hydrogens is 316 g/mol. The molecule has 0 amide bonds. The normalized spacial score (nSPS) is 20.5. The number of benzene rings is 1. The van der Waals surface area contributed by atoms with E-state index in [9.17, 15) is 13.2 Å². The SMILES string of the molecule is CC(NS(=O)(=O)c1ccc2oc(=O)ccc2c1)C1CCCNC1. The predicted molar refractivity (Wildman–Crippen MR) is 87.9 cm³/mol. The number of rotatable bonds is 4. The molecule has 1 fully saturated rings. The Balaban J connectivity index is 1.84. The van der Waals surface area contributed by atoms with Crippen molar-refractivity contribution in [3.8, 4) is 0 Å². The number of hydrogen-bond acceptors (Lipinski definition) is 5. The van der Waals surface area contributed by atoms with E-state index in [0.29, 0.717) is 11.0 Å². The van der Waals surface area contributed by atoms with E-state index in [-0.39, 0.29) is 16.9 Å². The third-order valence-corrected chi connectivity index (χ3v) is 5.84. The number of nitrogens with one attached hydrogen (secondary N) is 2. The molecular formula is C16H20N2O4S. The molecule has 2 aromatic rings. The van der Waals surface area contributed by atoms with Crippen molar-refractivity contribution in [2.45, 2.75) is 30.7 Å². The van der Waals surface area contributed by atoms with Gasteiger partial charge in [0.2, 0.25) is 10.0 Å². The van der Waals surface area contributed by atoms with Crippen molar-refractivity contribution in [3.05, 3.63) is 40.8 Å². The summed E-state index contributed by atoms with van der Waals surface area (Å²) in [5.74, 6) is 0.289.